The molecule has 9 nitrogen and oxygen atoms in total. The molecule has 23 heavy (non-hydrogen) atoms. The third-order valence-electron chi connectivity index (χ3n) is 3.68. The highest BCUT2D eigenvalue weighted by molar-refractivity contribution is 5.65. The largest absolute Gasteiger partial charge is 0.419 e. The highest BCUT2D eigenvalue weighted by atomic mass is 16.8. The van der Waals surface area contributed by atoms with Crippen molar-refractivity contribution < 1.29 is 19.3 Å². The van der Waals surface area contributed by atoms with Crippen molar-refractivity contribution in [3.05, 3.63) is 24.2 Å². The zero-order valence-electron chi connectivity index (χ0n) is 12.7. The van der Waals surface area contributed by atoms with Gasteiger partial charge < -0.3 is 25.1 Å². The predicted octanol–water partition coefficient (Wildman–Crippen LogP) is 0.363. The average Bonchev–Trinajstić information content (AvgIpc) is 3.06. The van der Waals surface area contributed by atoms with Crippen molar-refractivity contribution in [2.75, 3.05) is 12.3 Å². The number of fused-ring (bicyclic) bond motifs is 1. The summed E-state index contributed by atoms with van der Waals surface area (Å²) >= 11 is 0. The quantitative estimate of drug-likeness (QED) is 0.773. The Morgan fingerprint density at radius 2 is 2.30 bits per heavy atom. The van der Waals surface area contributed by atoms with Gasteiger partial charge in [-0.05, 0) is 26.0 Å². The lowest BCUT2D eigenvalue weighted by molar-refractivity contribution is -0.157. The molecule has 0 amide bonds. The van der Waals surface area contributed by atoms with Gasteiger partial charge in [-0.3, -0.25) is 0 Å². The number of aliphatic hydroxyl groups excluding tert-OH is 1. The third kappa shape index (κ3) is 2.68. The van der Waals surface area contributed by atoms with Crippen molar-refractivity contribution in [3.8, 4) is 6.26 Å². The topological polar surface area (TPSA) is 128 Å². The predicted molar refractivity (Wildman–Crippen MR) is 77.7 cm³/mol. The van der Waals surface area contributed by atoms with Crippen LogP contribution in [0.4, 0.5) is 5.82 Å². The molecule has 3 rings (SSSR count). The third-order valence-corrected chi connectivity index (χ3v) is 3.68. The van der Waals surface area contributed by atoms with Gasteiger partial charge >= 0.3 is 0 Å². The van der Waals surface area contributed by atoms with Crippen molar-refractivity contribution >= 4 is 11.3 Å². The molecule has 0 aliphatic carbocycles. The number of hydrogen-bond acceptors (Lipinski definition) is 8. The van der Waals surface area contributed by atoms with Crippen LogP contribution in [0, 0.1) is 11.5 Å². The lowest BCUT2D eigenvalue weighted by atomic mass is 10.1. The lowest BCUT2D eigenvalue weighted by Crippen LogP contribution is -2.36. The summed E-state index contributed by atoms with van der Waals surface area (Å²) in [5.74, 6) is -0.558. The van der Waals surface area contributed by atoms with E-state index in [1.165, 1.54) is 6.33 Å². The molecule has 3 heterocycles. The minimum absolute atomic E-state index is 0.341. The molecule has 1 fully saturated rings. The van der Waals surface area contributed by atoms with Gasteiger partial charge in [0.25, 0.3) is 6.26 Å². The second-order valence-corrected chi connectivity index (χ2v) is 5.65. The van der Waals surface area contributed by atoms with Crippen molar-refractivity contribution in [3.63, 3.8) is 0 Å². The van der Waals surface area contributed by atoms with Crippen LogP contribution in [-0.2, 0) is 14.2 Å². The first-order valence-electron chi connectivity index (χ1n) is 7.06. The van der Waals surface area contributed by atoms with Crippen LogP contribution in [0.5, 0.6) is 0 Å². The maximum Gasteiger partial charge on any atom is 0.286 e. The van der Waals surface area contributed by atoms with Crippen LogP contribution in [0.2, 0.25) is 0 Å². The number of aliphatic hydroxyl groups is 1. The number of ether oxygens (including phenoxy) is 3. The lowest BCUT2D eigenvalue weighted by Gasteiger charge is -2.22. The number of nitrogens with zero attached hydrogens (tertiary/aromatic N) is 4. The van der Waals surface area contributed by atoms with Gasteiger partial charge in [-0.1, -0.05) is 0 Å². The average molecular weight is 319 g/mol. The molecule has 3 N–H and O–H groups in total. The molecule has 122 valence electrons. The summed E-state index contributed by atoms with van der Waals surface area (Å²) in [6.45, 7) is 3.12. The van der Waals surface area contributed by atoms with Gasteiger partial charge in [-0.15, -0.1) is 0 Å². The SMILES string of the molecule is CC1(C)O[C@H]([C@@H](CO)OC#N)[C@H](c2ccc3c(N)ncnn23)O1. The Bertz CT molecular complexity index is 753. The van der Waals surface area contributed by atoms with Gasteiger partial charge in [0.1, 0.15) is 24.1 Å². The molecule has 0 aromatic carbocycles. The number of rotatable bonds is 4. The fraction of sp³-hybridized carbons (Fsp3) is 0.500. The van der Waals surface area contributed by atoms with Gasteiger partial charge in [0.15, 0.2) is 17.7 Å². The molecule has 0 bridgehead atoms. The Morgan fingerprint density at radius 3 is 3.00 bits per heavy atom. The number of nitrogen functional groups attached to an aromatic ring is 1. The van der Waals surface area contributed by atoms with Gasteiger partial charge in [0.05, 0.1) is 12.3 Å². The highest BCUT2D eigenvalue weighted by Crippen LogP contribution is 2.40. The second kappa shape index (κ2) is 5.66. The Balaban J connectivity index is 2.04. The minimum Gasteiger partial charge on any atom is -0.419 e. The Morgan fingerprint density at radius 1 is 1.52 bits per heavy atom. The smallest absolute Gasteiger partial charge is 0.286 e. The first kappa shape index (κ1) is 15.5. The molecule has 0 radical (unpaired) electrons. The zero-order valence-corrected chi connectivity index (χ0v) is 12.7. The van der Waals surface area contributed by atoms with E-state index >= 15 is 0 Å². The number of nitriles is 1. The molecule has 1 aliphatic heterocycles. The van der Waals surface area contributed by atoms with E-state index in [1.54, 1.807) is 36.8 Å². The number of aromatic nitrogens is 3. The summed E-state index contributed by atoms with van der Waals surface area (Å²) in [6, 6.07) is 3.57. The van der Waals surface area contributed by atoms with Crippen molar-refractivity contribution in [1.82, 2.24) is 14.6 Å². The second-order valence-electron chi connectivity index (χ2n) is 5.65. The maximum absolute atomic E-state index is 9.50. The first-order chi connectivity index (χ1) is 11.0. The summed E-state index contributed by atoms with van der Waals surface area (Å²) in [7, 11) is 0. The van der Waals surface area contributed by atoms with E-state index in [0.29, 0.717) is 17.0 Å². The molecular formula is C14H17N5O4. The molecule has 2 aromatic heterocycles. The molecule has 0 unspecified atom stereocenters. The molecule has 1 saturated heterocycles. The maximum atomic E-state index is 9.50. The van der Waals surface area contributed by atoms with Gasteiger partial charge in [-0.25, -0.2) is 9.50 Å². The summed E-state index contributed by atoms with van der Waals surface area (Å²) in [4.78, 5) is 3.94. The van der Waals surface area contributed by atoms with Gasteiger partial charge in [0.2, 0.25) is 0 Å². The molecule has 3 atom stereocenters. The van der Waals surface area contributed by atoms with E-state index in [-0.39, 0.29) is 6.61 Å². The van der Waals surface area contributed by atoms with E-state index in [1.807, 2.05) is 0 Å². The van der Waals surface area contributed by atoms with Crippen LogP contribution < -0.4 is 5.73 Å². The standard InChI is InChI=1S/C14H17N5O4/c1-14(2)22-11(12(23-14)10(5-20)21-6-15)8-3-4-9-13(16)17-7-18-19(8)9/h3-4,7,10-12,20H,5H2,1-2H3,(H2,16,17,18)/t10-,11+,12-/m1/s1. The summed E-state index contributed by atoms with van der Waals surface area (Å²) in [6.07, 6.45) is 0.814. The van der Waals surface area contributed by atoms with Crippen LogP contribution in [0.25, 0.3) is 5.52 Å². The van der Waals surface area contributed by atoms with Crippen LogP contribution in [0.3, 0.4) is 0 Å². The molecule has 9 heteroatoms. The first-order valence-corrected chi connectivity index (χ1v) is 7.06. The van der Waals surface area contributed by atoms with Crippen LogP contribution in [0.1, 0.15) is 25.6 Å². The van der Waals surface area contributed by atoms with Crippen LogP contribution in [0.15, 0.2) is 18.5 Å². The molecular weight excluding hydrogens is 302 g/mol. The van der Waals surface area contributed by atoms with Crippen LogP contribution in [-0.4, -0.2) is 44.3 Å². The normalized spacial score (nSPS) is 24.4. The highest BCUT2D eigenvalue weighted by Gasteiger charge is 2.48. The van der Waals surface area contributed by atoms with Crippen molar-refractivity contribution in [2.24, 2.45) is 0 Å². The summed E-state index contributed by atoms with van der Waals surface area (Å²) in [5.41, 5.74) is 7.14. The Hall–Kier alpha value is -2.41. The van der Waals surface area contributed by atoms with Crippen molar-refractivity contribution in [1.29, 1.82) is 5.26 Å². The van der Waals surface area contributed by atoms with E-state index in [9.17, 15) is 5.11 Å². The van der Waals surface area contributed by atoms with E-state index in [0.717, 1.165) is 0 Å². The van der Waals surface area contributed by atoms with E-state index in [2.05, 4.69) is 10.1 Å². The molecule has 0 saturated carbocycles. The Kier molecular flexibility index (Phi) is 3.81. The molecule has 2 aromatic rings. The van der Waals surface area contributed by atoms with E-state index < -0.39 is 24.1 Å². The van der Waals surface area contributed by atoms with E-state index in [4.69, 9.17) is 25.2 Å². The molecule has 0 spiro atoms. The number of nitrogens with two attached hydrogens (primary N) is 1. The Labute approximate surface area is 132 Å². The van der Waals surface area contributed by atoms with Gasteiger partial charge in [-0.2, -0.15) is 10.4 Å². The number of hydrogen-bond donors (Lipinski definition) is 2. The minimum atomic E-state index is -0.899. The summed E-state index contributed by atoms with van der Waals surface area (Å²) < 4.78 is 18.3. The monoisotopic (exact) mass is 319 g/mol. The fourth-order valence-corrected chi connectivity index (χ4v) is 2.75. The summed E-state index contributed by atoms with van der Waals surface area (Å²) in [5, 5.41) is 22.4. The fourth-order valence-electron chi connectivity index (χ4n) is 2.75. The van der Waals surface area contributed by atoms with Crippen LogP contribution >= 0.6 is 0 Å². The van der Waals surface area contributed by atoms with Gasteiger partial charge in [0, 0.05) is 0 Å². The zero-order chi connectivity index (χ0) is 16.6. The molecule has 1 aliphatic rings. The number of anilines is 1. The van der Waals surface area contributed by atoms with Crippen molar-refractivity contribution in [2.45, 2.75) is 37.9 Å².